The van der Waals surface area contributed by atoms with E-state index in [1.165, 1.54) is 7.11 Å². The molecule has 0 spiro atoms. The van der Waals surface area contributed by atoms with Crippen molar-refractivity contribution in [3.05, 3.63) is 36.2 Å². The van der Waals surface area contributed by atoms with Crippen molar-refractivity contribution < 1.29 is 9.47 Å². The van der Waals surface area contributed by atoms with E-state index < -0.39 is 0 Å². The van der Waals surface area contributed by atoms with E-state index in [4.69, 9.17) is 15.2 Å². The lowest BCUT2D eigenvalue weighted by Crippen LogP contribution is -2.06. The molecular weight excluding hydrogens is 232 g/mol. The van der Waals surface area contributed by atoms with Gasteiger partial charge in [0.15, 0.2) is 0 Å². The molecule has 0 amide bonds. The summed E-state index contributed by atoms with van der Waals surface area (Å²) in [6, 6.07) is 7.35. The fourth-order valence-corrected chi connectivity index (χ4v) is 1.41. The van der Waals surface area contributed by atoms with E-state index in [1.807, 2.05) is 18.2 Å². The van der Waals surface area contributed by atoms with Gasteiger partial charge in [-0.25, -0.2) is 0 Å². The van der Waals surface area contributed by atoms with Crippen LogP contribution in [0.25, 0.3) is 0 Å². The van der Waals surface area contributed by atoms with Crippen molar-refractivity contribution in [2.45, 2.75) is 6.42 Å². The summed E-state index contributed by atoms with van der Waals surface area (Å²) in [5.74, 6) is 0.910. The Morgan fingerprint density at radius 3 is 2.78 bits per heavy atom. The Kier molecular flexibility index (Phi) is 3.90. The number of hydrogen-bond acceptors (Lipinski definition) is 6. The fraction of sp³-hybridized carbons (Fsp3) is 0.250. The number of aromatic nitrogens is 3. The SMILES string of the molecule is COc1cc(OCCc2ccccn2)nc(N)n1. The molecule has 0 saturated heterocycles. The Labute approximate surface area is 105 Å². The van der Waals surface area contributed by atoms with Gasteiger partial charge in [-0.15, -0.1) is 0 Å². The number of nitrogen functional groups attached to an aromatic ring is 1. The quantitative estimate of drug-likeness (QED) is 0.850. The average Bonchev–Trinajstić information content (AvgIpc) is 2.39. The topological polar surface area (TPSA) is 83.2 Å². The van der Waals surface area contributed by atoms with Gasteiger partial charge in [0.2, 0.25) is 17.7 Å². The third-order valence-corrected chi connectivity index (χ3v) is 2.24. The predicted octanol–water partition coefficient (Wildman–Crippen LogP) is 1.08. The molecule has 0 radical (unpaired) electrons. The molecule has 0 saturated carbocycles. The van der Waals surface area contributed by atoms with Crippen molar-refractivity contribution in [2.75, 3.05) is 19.5 Å². The molecule has 0 fully saturated rings. The Morgan fingerprint density at radius 1 is 1.22 bits per heavy atom. The summed E-state index contributed by atoms with van der Waals surface area (Å²) < 4.78 is 10.5. The third-order valence-electron chi connectivity index (χ3n) is 2.24. The predicted molar refractivity (Wildman–Crippen MR) is 66.4 cm³/mol. The van der Waals surface area contributed by atoms with Gasteiger partial charge in [0.25, 0.3) is 0 Å². The highest BCUT2D eigenvalue weighted by Crippen LogP contribution is 2.16. The maximum Gasteiger partial charge on any atom is 0.226 e. The van der Waals surface area contributed by atoms with Gasteiger partial charge in [0, 0.05) is 18.3 Å². The normalized spacial score (nSPS) is 10.1. The standard InChI is InChI=1S/C12H14N4O2/c1-17-10-8-11(16-12(13)15-10)18-7-5-9-4-2-3-6-14-9/h2-4,6,8H,5,7H2,1H3,(H2,13,15,16). The van der Waals surface area contributed by atoms with Crippen LogP contribution in [0, 0.1) is 0 Å². The first kappa shape index (κ1) is 12.1. The van der Waals surface area contributed by atoms with Gasteiger partial charge in [-0.3, -0.25) is 4.98 Å². The summed E-state index contributed by atoms with van der Waals surface area (Å²) in [5, 5.41) is 0. The molecule has 94 valence electrons. The highest BCUT2D eigenvalue weighted by molar-refractivity contribution is 5.29. The molecule has 0 aliphatic rings. The molecule has 2 rings (SSSR count). The van der Waals surface area contributed by atoms with E-state index in [9.17, 15) is 0 Å². The summed E-state index contributed by atoms with van der Waals surface area (Å²) in [4.78, 5) is 12.0. The number of rotatable bonds is 5. The van der Waals surface area contributed by atoms with Crippen LogP contribution in [0.1, 0.15) is 5.69 Å². The molecule has 0 aliphatic carbocycles. The molecule has 0 aliphatic heterocycles. The lowest BCUT2D eigenvalue weighted by molar-refractivity contribution is 0.304. The first-order valence-electron chi connectivity index (χ1n) is 5.49. The van der Waals surface area contributed by atoms with Gasteiger partial charge in [-0.05, 0) is 12.1 Å². The summed E-state index contributed by atoms with van der Waals surface area (Å²) in [5.41, 5.74) is 6.49. The molecule has 2 N–H and O–H groups in total. The van der Waals surface area contributed by atoms with Gasteiger partial charge in [0.1, 0.15) is 0 Å². The summed E-state index contributed by atoms with van der Waals surface area (Å²) in [6.07, 6.45) is 2.45. The molecule has 0 aromatic carbocycles. The number of nitrogens with zero attached hydrogens (tertiary/aromatic N) is 3. The van der Waals surface area contributed by atoms with Crippen molar-refractivity contribution in [3.63, 3.8) is 0 Å². The third kappa shape index (κ3) is 3.31. The van der Waals surface area contributed by atoms with Crippen LogP contribution in [0.2, 0.25) is 0 Å². The second-order valence-electron chi connectivity index (χ2n) is 3.53. The van der Waals surface area contributed by atoms with Crippen LogP contribution in [-0.4, -0.2) is 28.7 Å². The van der Waals surface area contributed by atoms with Crippen molar-refractivity contribution in [2.24, 2.45) is 0 Å². The van der Waals surface area contributed by atoms with Gasteiger partial charge in [-0.1, -0.05) is 6.07 Å². The lowest BCUT2D eigenvalue weighted by Gasteiger charge is -2.06. The smallest absolute Gasteiger partial charge is 0.226 e. The number of ether oxygens (including phenoxy) is 2. The summed E-state index contributed by atoms with van der Waals surface area (Å²) in [6.45, 7) is 0.469. The zero-order chi connectivity index (χ0) is 12.8. The first-order valence-corrected chi connectivity index (χ1v) is 5.49. The molecule has 2 heterocycles. The van der Waals surface area contributed by atoms with Crippen LogP contribution in [-0.2, 0) is 6.42 Å². The molecule has 0 bridgehead atoms. The van der Waals surface area contributed by atoms with Crippen molar-refractivity contribution in [1.82, 2.24) is 15.0 Å². The highest BCUT2D eigenvalue weighted by Gasteiger charge is 2.03. The molecular formula is C12H14N4O2. The van der Waals surface area contributed by atoms with E-state index in [0.29, 0.717) is 24.8 Å². The van der Waals surface area contributed by atoms with Crippen molar-refractivity contribution in [3.8, 4) is 11.8 Å². The second-order valence-corrected chi connectivity index (χ2v) is 3.53. The molecule has 6 heteroatoms. The first-order chi connectivity index (χ1) is 8.78. The molecule has 0 unspecified atom stereocenters. The second kappa shape index (κ2) is 5.81. The van der Waals surface area contributed by atoms with E-state index in [1.54, 1.807) is 12.3 Å². The Bertz CT molecular complexity index is 505. The number of anilines is 1. The molecule has 0 atom stereocenters. The zero-order valence-corrected chi connectivity index (χ0v) is 10.0. The number of nitrogens with two attached hydrogens (primary N) is 1. The van der Waals surface area contributed by atoms with Crippen LogP contribution in [0.5, 0.6) is 11.8 Å². The largest absolute Gasteiger partial charge is 0.481 e. The fourth-order valence-electron chi connectivity index (χ4n) is 1.41. The summed E-state index contributed by atoms with van der Waals surface area (Å²) >= 11 is 0. The van der Waals surface area contributed by atoms with E-state index >= 15 is 0 Å². The number of pyridine rings is 1. The van der Waals surface area contributed by atoms with E-state index in [-0.39, 0.29) is 5.95 Å². The van der Waals surface area contributed by atoms with Gasteiger partial charge < -0.3 is 15.2 Å². The van der Waals surface area contributed by atoms with Crippen LogP contribution in [0.4, 0.5) is 5.95 Å². The molecule has 18 heavy (non-hydrogen) atoms. The Balaban J connectivity index is 1.92. The maximum atomic E-state index is 5.52. The van der Waals surface area contributed by atoms with Gasteiger partial charge >= 0.3 is 0 Å². The average molecular weight is 246 g/mol. The molecule has 6 nitrogen and oxygen atoms in total. The number of hydrogen-bond donors (Lipinski definition) is 1. The van der Waals surface area contributed by atoms with Crippen LogP contribution in [0.15, 0.2) is 30.5 Å². The van der Waals surface area contributed by atoms with E-state index in [0.717, 1.165) is 5.69 Å². The maximum absolute atomic E-state index is 5.52. The minimum absolute atomic E-state index is 0.127. The minimum Gasteiger partial charge on any atom is -0.481 e. The molecule has 2 aromatic rings. The number of methoxy groups -OCH3 is 1. The van der Waals surface area contributed by atoms with Gasteiger partial charge in [0.05, 0.1) is 19.8 Å². The van der Waals surface area contributed by atoms with Gasteiger partial charge in [-0.2, -0.15) is 9.97 Å². The Morgan fingerprint density at radius 2 is 2.06 bits per heavy atom. The lowest BCUT2D eigenvalue weighted by atomic mass is 10.3. The summed E-state index contributed by atoms with van der Waals surface area (Å²) in [7, 11) is 1.51. The van der Waals surface area contributed by atoms with Crippen molar-refractivity contribution >= 4 is 5.95 Å². The van der Waals surface area contributed by atoms with Crippen LogP contribution >= 0.6 is 0 Å². The van der Waals surface area contributed by atoms with Crippen molar-refractivity contribution in [1.29, 1.82) is 0 Å². The van der Waals surface area contributed by atoms with E-state index in [2.05, 4.69) is 15.0 Å². The molecule has 2 aromatic heterocycles. The Hall–Kier alpha value is -2.37. The zero-order valence-electron chi connectivity index (χ0n) is 10.0. The monoisotopic (exact) mass is 246 g/mol. The highest BCUT2D eigenvalue weighted by atomic mass is 16.5. The van der Waals surface area contributed by atoms with Crippen LogP contribution < -0.4 is 15.2 Å². The van der Waals surface area contributed by atoms with Crippen LogP contribution in [0.3, 0.4) is 0 Å². The minimum atomic E-state index is 0.127.